The van der Waals surface area contributed by atoms with Crippen molar-refractivity contribution < 1.29 is 0 Å². The van der Waals surface area contributed by atoms with Gasteiger partial charge in [0.05, 0.1) is 34.8 Å². The van der Waals surface area contributed by atoms with Gasteiger partial charge >= 0.3 is 0 Å². The maximum atomic E-state index is 8.66. The molecule has 0 saturated carbocycles. The number of rotatable bonds is 4. The van der Waals surface area contributed by atoms with Crippen molar-refractivity contribution in [3.05, 3.63) is 43.3 Å². The number of benzene rings is 1. The molecule has 0 aliphatic heterocycles. The van der Waals surface area contributed by atoms with E-state index in [0.717, 1.165) is 10.4 Å². The lowest BCUT2D eigenvalue weighted by Gasteiger charge is -2.10. The van der Waals surface area contributed by atoms with Crippen molar-refractivity contribution in [3.8, 4) is 6.07 Å². The zero-order valence-electron chi connectivity index (χ0n) is 9.58. The number of thiazole rings is 1. The van der Waals surface area contributed by atoms with Crippen LogP contribution in [0.1, 0.15) is 10.4 Å². The van der Waals surface area contributed by atoms with Crippen LogP contribution in [0.5, 0.6) is 0 Å². The predicted molar refractivity (Wildman–Crippen MR) is 80.2 cm³/mol. The van der Waals surface area contributed by atoms with E-state index in [1.807, 2.05) is 0 Å². The van der Waals surface area contributed by atoms with Gasteiger partial charge in [-0.2, -0.15) is 5.26 Å². The van der Waals surface area contributed by atoms with Crippen molar-refractivity contribution in [2.45, 2.75) is 13.0 Å². The third-order valence-electron chi connectivity index (χ3n) is 2.35. The van der Waals surface area contributed by atoms with Gasteiger partial charge in [0.1, 0.15) is 0 Å². The molecule has 0 saturated heterocycles. The molecule has 3 nitrogen and oxygen atoms in total. The minimum atomic E-state index is 0.282. The molecular weight excluding hydrogens is 325 g/mol. The van der Waals surface area contributed by atoms with Gasteiger partial charge < -0.3 is 5.32 Å². The van der Waals surface area contributed by atoms with Crippen LogP contribution in [0, 0.1) is 11.3 Å². The number of hydrogen-bond acceptors (Lipinski definition) is 4. The standard InChI is InChI=1S/C12H8Cl3N3S/c13-9-3-7(1-2-16)4-10(14)11(9)17-5-8-6-18-12(15)19-8/h3-4,6,17H,1,5H2. The second kappa shape index (κ2) is 6.44. The highest BCUT2D eigenvalue weighted by Crippen LogP contribution is 2.32. The van der Waals surface area contributed by atoms with Crippen LogP contribution >= 0.6 is 46.1 Å². The van der Waals surface area contributed by atoms with Gasteiger partial charge in [0, 0.05) is 11.1 Å². The first kappa shape index (κ1) is 14.4. The quantitative estimate of drug-likeness (QED) is 0.876. The van der Waals surface area contributed by atoms with Gasteiger partial charge in [-0.3, -0.25) is 0 Å². The normalized spacial score (nSPS) is 10.2. The molecule has 0 aliphatic carbocycles. The first-order valence-electron chi connectivity index (χ1n) is 5.29. The summed E-state index contributed by atoms with van der Waals surface area (Å²) in [5.74, 6) is 0. The van der Waals surface area contributed by atoms with Crippen molar-refractivity contribution >= 4 is 51.8 Å². The molecule has 2 rings (SSSR count). The Morgan fingerprint density at radius 2 is 1.95 bits per heavy atom. The lowest BCUT2D eigenvalue weighted by Crippen LogP contribution is -1.99. The van der Waals surface area contributed by atoms with Gasteiger partial charge in [-0.1, -0.05) is 34.8 Å². The van der Waals surface area contributed by atoms with Crippen LogP contribution in [-0.2, 0) is 13.0 Å². The fourth-order valence-corrected chi connectivity index (χ4v) is 3.11. The topological polar surface area (TPSA) is 48.7 Å². The Balaban J connectivity index is 2.14. The average Bonchev–Trinajstić information content (AvgIpc) is 2.74. The summed E-state index contributed by atoms with van der Waals surface area (Å²) in [6.45, 7) is 0.543. The Morgan fingerprint density at radius 1 is 1.26 bits per heavy atom. The highest BCUT2D eigenvalue weighted by Gasteiger charge is 2.09. The Kier molecular flexibility index (Phi) is 4.89. The molecule has 1 aromatic heterocycles. The van der Waals surface area contributed by atoms with E-state index in [0.29, 0.717) is 26.7 Å². The molecule has 2 aromatic rings. The second-order valence-electron chi connectivity index (χ2n) is 3.70. The van der Waals surface area contributed by atoms with E-state index in [9.17, 15) is 0 Å². The summed E-state index contributed by atoms with van der Waals surface area (Å²) in [5.41, 5.74) is 1.44. The molecule has 0 unspecified atom stereocenters. The minimum Gasteiger partial charge on any atom is -0.378 e. The van der Waals surface area contributed by atoms with Gasteiger partial charge in [-0.15, -0.1) is 11.3 Å². The van der Waals surface area contributed by atoms with Gasteiger partial charge in [-0.25, -0.2) is 4.98 Å². The van der Waals surface area contributed by atoms with Gasteiger partial charge in [0.15, 0.2) is 4.47 Å². The Bertz CT molecular complexity index is 610. The van der Waals surface area contributed by atoms with Gasteiger partial charge in [0.25, 0.3) is 0 Å². The highest BCUT2D eigenvalue weighted by atomic mass is 35.5. The molecule has 19 heavy (non-hydrogen) atoms. The lowest BCUT2D eigenvalue weighted by atomic mass is 10.1. The molecule has 1 N–H and O–H groups in total. The third kappa shape index (κ3) is 3.74. The summed E-state index contributed by atoms with van der Waals surface area (Å²) < 4.78 is 0.498. The molecule has 98 valence electrons. The SMILES string of the molecule is N#CCc1cc(Cl)c(NCc2cnc(Cl)s2)c(Cl)c1. The Hall–Kier alpha value is -0.990. The fraction of sp³-hybridized carbons (Fsp3) is 0.167. The number of halogens is 3. The van der Waals surface area contributed by atoms with Crippen molar-refractivity contribution in [2.24, 2.45) is 0 Å². The number of aromatic nitrogens is 1. The van der Waals surface area contributed by atoms with E-state index in [-0.39, 0.29) is 6.42 Å². The molecule has 1 heterocycles. The van der Waals surface area contributed by atoms with Gasteiger partial charge in [-0.05, 0) is 17.7 Å². The van der Waals surface area contributed by atoms with Crippen LogP contribution < -0.4 is 5.32 Å². The predicted octanol–water partition coefficient (Wildman–Crippen LogP) is 4.78. The van der Waals surface area contributed by atoms with Crippen LogP contribution in [0.3, 0.4) is 0 Å². The van der Waals surface area contributed by atoms with E-state index in [4.69, 9.17) is 40.1 Å². The fourth-order valence-electron chi connectivity index (χ4n) is 1.53. The average molecular weight is 333 g/mol. The zero-order valence-corrected chi connectivity index (χ0v) is 12.7. The van der Waals surface area contributed by atoms with Crippen LogP contribution in [0.4, 0.5) is 5.69 Å². The number of nitrogens with zero attached hydrogens (tertiary/aromatic N) is 2. The molecule has 0 radical (unpaired) electrons. The summed E-state index contributed by atoms with van der Waals surface area (Å²) in [4.78, 5) is 4.94. The molecule has 0 bridgehead atoms. The van der Waals surface area contributed by atoms with Crippen molar-refractivity contribution in [1.29, 1.82) is 5.26 Å². The van der Waals surface area contributed by atoms with Crippen molar-refractivity contribution in [2.75, 3.05) is 5.32 Å². The highest BCUT2D eigenvalue weighted by molar-refractivity contribution is 7.15. The molecule has 0 atom stereocenters. The molecule has 0 fully saturated rings. The zero-order chi connectivity index (χ0) is 13.8. The molecule has 1 aromatic carbocycles. The second-order valence-corrected chi connectivity index (χ2v) is 6.21. The lowest BCUT2D eigenvalue weighted by molar-refractivity contribution is 1.17. The van der Waals surface area contributed by atoms with E-state index < -0.39 is 0 Å². The van der Waals surface area contributed by atoms with Crippen LogP contribution in [-0.4, -0.2) is 4.98 Å². The first-order valence-corrected chi connectivity index (χ1v) is 7.24. The Morgan fingerprint density at radius 3 is 2.47 bits per heavy atom. The maximum Gasteiger partial charge on any atom is 0.183 e. The molecule has 0 aliphatic rings. The number of nitrogens with one attached hydrogen (secondary N) is 1. The van der Waals surface area contributed by atoms with Crippen molar-refractivity contribution in [3.63, 3.8) is 0 Å². The number of hydrogen-bond donors (Lipinski definition) is 1. The van der Waals surface area contributed by atoms with Crippen LogP contribution in [0.15, 0.2) is 18.3 Å². The molecule has 0 amide bonds. The van der Waals surface area contributed by atoms with Crippen LogP contribution in [0.2, 0.25) is 14.5 Å². The minimum absolute atomic E-state index is 0.282. The summed E-state index contributed by atoms with van der Waals surface area (Å²) >= 11 is 19.4. The molecule has 7 heteroatoms. The summed E-state index contributed by atoms with van der Waals surface area (Å²) in [6, 6.07) is 5.53. The summed E-state index contributed by atoms with van der Waals surface area (Å²) in [5, 5.41) is 12.8. The monoisotopic (exact) mass is 331 g/mol. The van der Waals surface area contributed by atoms with E-state index in [1.165, 1.54) is 11.3 Å². The first-order chi connectivity index (χ1) is 9.10. The Labute approximate surface area is 129 Å². The van der Waals surface area contributed by atoms with E-state index in [2.05, 4.69) is 16.4 Å². The van der Waals surface area contributed by atoms with E-state index in [1.54, 1.807) is 18.3 Å². The largest absolute Gasteiger partial charge is 0.378 e. The summed E-state index contributed by atoms with van der Waals surface area (Å²) in [7, 11) is 0. The maximum absolute atomic E-state index is 8.66. The summed E-state index contributed by atoms with van der Waals surface area (Å²) in [6.07, 6.45) is 1.98. The molecular formula is C12H8Cl3N3S. The number of anilines is 1. The third-order valence-corrected chi connectivity index (χ3v) is 4.06. The number of nitriles is 1. The smallest absolute Gasteiger partial charge is 0.183 e. The van der Waals surface area contributed by atoms with Gasteiger partial charge in [0.2, 0.25) is 0 Å². The van der Waals surface area contributed by atoms with Crippen LogP contribution in [0.25, 0.3) is 0 Å². The van der Waals surface area contributed by atoms with Crippen molar-refractivity contribution in [1.82, 2.24) is 4.98 Å². The molecule has 0 spiro atoms. The van der Waals surface area contributed by atoms with E-state index >= 15 is 0 Å².